The van der Waals surface area contributed by atoms with Gasteiger partial charge in [0.1, 0.15) is 5.82 Å². The molecular formula is C21H27ClN4S. The van der Waals surface area contributed by atoms with E-state index in [0.717, 1.165) is 42.7 Å². The van der Waals surface area contributed by atoms with Gasteiger partial charge in [-0.1, -0.05) is 37.1 Å². The molecule has 0 bridgehead atoms. The van der Waals surface area contributed by atoms with Gasteiger partial charge in [-0.05, 0) is 61.8 Å². The number of thiocarbonyl (C=S) groups is 1. The summed E-state index contributed by atoms with van der Waals surface area (Å²) in [5.41, 5.74) is 2.42. The molecule has 0 unspecified atom stereocenters. The van der Waals surface area contributed by atoms with Crippen molar-refractivity contribution in [2.24, 2.45) is 0 Å². The second-order valence-corrected chi connectivity index (χ2v) is 7.82. The molecule has 3 rings (SSSR count). The number of hydrogen-bond acceptors (Lipinski definition) is 3. The summed E-state index contributed by atoms with van der Waals surface area (Å²) in [6.45, 7) is 6.93. The van der Waals surface area contributed by atoms with Crippen LogP contribution >= 0.6 is 23.8 Å². The molecule has 2 heterocycles. The van der Waals surface area contributed by atoms with Crippen molar-refractivity contribution in [3.63, 3.8) is 0 Å². The fraction of sp³-hybridized carbons (Fsp3) is 0.429. The number of pyridine rings is 1. The minimum Gasteiger partial charge on any atom is -0.352 e. The van der Waals surface area contributed by atoms with E-state index in [1.165, 1.54) is 18.4 Å². The van der Waals surface area contributed by atoms with Crippen LogP contribution in [0.15, 0.2) is 42.6 Å². The predicted molar refractivity (Wildman–Crippen MR) is 119 cm³/mol. The predicted octanol–water partition coefficient (Wildman–Crippen LogP) is 4.99. The Morgan fingerprint density at radius 2 is 2.04 bits per heavy atom. The summed E-state index contributed by atoms with van der Waals surface area (Å²) in [5.74, 6) is 0.854. The fourth-order valence-corrected chi connectivity index (χ4v) is 4.02. The van der Waals surface area contributed by atoms with Gasteiger partial charge in [-0.3, -0.25) is 0 Å². The van der Waals surface area contributed by atoms with Crippen molar-refractivity contribution in [2.75, 3.05) is 29.9 Å². The van der Waals surface area contributed by atoms with Gasteiger partial charge in [0.15, 0.2) is 5.11 Å². The number of halogens is 1. The lowest BCUT2D eigenvalue weighted by atomic mass is 10.1. The quantitative estimate of drug-likeness (QED) is 0.712. The lowest BCUT2D eigenvalue weighted by Gasteiger charge is -2.41. The summed E-state index contributed by atoms with van der Waals surface area (Å²) in [6.07, 6.45) is 5.37. The maximum Gasteiger partial charge on any atom is 0.173 e. The summed E-state index contributed by atoms with van der Waals surface area (Å²) in [5, 5.41) is 4.86. The lowest BCUT2D eigenvalue weighted by Crippen LogP contribution is -2.55. The van der Waals surface area contributed by atoms with Gasteiger partial charge in [0.2, 0.25) is 0 Å². The highest BCUT2D eigenvalue weighted by Crippen LogP contribution is 2.25. The van der Waals surface area contributed by atoms with Crippen LogP contribution < -0.4 is 10.2 Å². The molecule has 144 valence electrons. The summed E-state index contributed by atoms with van der Waals surface area (Å²) in [7, 11) is 0. The Morgan fingerprint density at radius 3 is 2.70 bits per heavy atom. The maximum atomic E-state index is 6.30. The van der Waals surface area contributed by atoms with Gasteiger partial charge in [-0.25, -0.2) is 4.98 Å². The number of aromatic nitrogens is 1. The highest BCUT2D eigenvalue weighted by molar-refractivity contribution is 7.80. The Hall–Kier alpha value is -1.85. The van der Waals surface area contributed by atoms with Gasteiger partial charge in [0, 0.05) is 37.6 Å². The summed E-state index contributed by atoms with van der Waals surface area (Å²) >= 11 is 12.0. The van der Waals surface area contributed by atoms with E-state index in [-0.39, 0.29) is 6.04 Å². The molecule has 0 amide bonds. The monoisotopic (exact) mass is 402 g/mol. The Balaban J connectivity index is 1.57. The Bertz CT molecular complexity index is 765. The number of aryl methyl sites for hydroxylation is 1. The first-order chi connectivity index (χ1) is 13.1. The van der Waals surface area contributed by atoms with E-state index in [4.69, 9.17) is 23.8 Å². The van der Waals surface area contributed by atoms with E-state index in [1.54, 1.807) is 6.20 Å². The van der Waals surface area contributed by atoms with Crippen LogP contribution in [0.2, 0.25) is 5.02 Å². The third kappa shape index (κ3) is 5.11. The minimum atomic E-state index is 0.278. The van der Waals surface area contributed by atoms with E-state index >= 15 is 0 Å². The zero-order valence-corrected chi connectivity index (χ0v) is 17.6. The Morgan fingerprint density at radius 1 is 1.26 bits per heavy atom. The number of hydrogen-bond donors (Lipinski definition) is 1. The molecule has 1 atom stereocenters. The van der Waals surface area contributed by atoms with Crippen LogP contribution in [0.25, 0.3) is 0 Å². The first-order valence-electron chi connectivity index (χ1n) is 9.60. The average Bonchev–Trinajstić information content (AvgIpc) is 2.67. The van der Waals surface area contributed by atoms with Gasteiger partial charge in [-0.2, -0.15) is 0 Å². The smallest absolute Gasteiger partial charge is 0.173 e. The van der Waals surface area contributed by atoms with Gasteiger partial charge in [0.25, 0.3) is 0 Å². The highest BCUT2D eigenvalue weighted by atomic mass is 35.5. The van der Waals surface area contributed by atoms with Crippen LogP contribution in [0, 0.1) is 0 Å². The molecule has 1 saturated heterocycles. The van der Waals surface area contributed by atoms with E-state index in [1.807, 2.05) is 12.1 Å². The van der Waals surface area contributed by atoms with E-state index in [2.05, 4.69) is 58.2 Å². The van der Waals surface area contributed by atoms with Crippen molar-refractivity contribution >= 4 is 40.4 Å². The van der Waals surface area contributed by atoms with Crippen molar-refractivity contribution in [3.05, 3.63) is 53.2 Å². The van der Waals surface area contributed by atoms with Crippen LogP contribution in [-0.4, -0.2) is 40.7 Å². The molecule has 6 heteroatoms. The molecule has 0 saturated carbocycles. The highest BCUT2D eigenvalue weighted by Gasteiger charge is 2.27. The number of benzene rings is 1. The van der Waals surface area contributed by atoms with Gasteiger partial charge in [-0.15, -0.1) is 0 Å². The van der Waals surface area contributed by atoms with Crippen molar-refractivity contribution in [1.82, 2.24) is 9.88 Å². The first-order valence-corrected chi connectivity index (χ1v) is 10.4. The van der Waals surface area contributed by atoms with Crippen LogP contribution in [0.4, 0.5) is 11.5 Å². The number of anilines is 2. The number of nitrogens with zero attached hydrogens (tertiary/aromatic N) is 3. The molecule has 0 radical (unpaired) electrons. The van der Waals surface area contributed by atoms with Crippen molar-refractivity contribution in [2.45, 2.75) is 39.2 Å². The van der Waals surface area contributed by atoms with Crippen molar-refractivity contribution < 1.29 is 0 Å². The third-order valence-electron chi connectivity index (χ3n) is 4.95. The molecule has 1 fully saturated rings. The largest absolute Gasteiger partial charge is 0.352 e. The molecule has 1 aliphatic rings. The number of nitrogens with one attached hydrogen (secondary N) is 1. The van der Waals surface area contributed by atoms with Crippen LogP contribution in [0.1, 0.15) is 32.3 Å². The molecule has 2 aromatic rings. The first kappa shape index (κ1) is 19.9. The Labute approximate surface area is 172 Å². The summed E-state index contributed by atoms with van der Waals surface area (Å²) in [4.78, 5) is 8.90. The molecule has 4 nitrogen and oxygen atoms in total. The number of unbranched alkanes of at least 4 members (excludes halogenated alkanes) is 1. The molecule has 1 aromatic heterocycles. The van der Waals surface area contributed by atoms with Gasteiger partial charge >= 0.3 is 0 Å². The minimum absolute atomic E-state index is 0.278. The fourth-order valence-electron chi connectivity index (χ4n) is 3.39. The maximum absolute atomic E-state index is 6.30. The molecule has 27 heavy (non-hydrogen) atoms. The number of rotatable bonds is 5. The van der Waals surface area contributed by atoms with Gasteiger partial charge < -0.3 is 15.1 Å². The lowest BCUT2D eigenvalue weighted by molar-refractivity contribution is 0.301. The molecule has 1 aliphatic heterocycles. The Kier molecular flexibility index (Phi) is 6.91. The molecular weight excluding hydrogens is 376 g/mol. The van der Waals surface area contributed by atoms with Crippen molar-refractivity contribution in [1.29, 1.82) is 0 Å². The second-order valence-electron chi connectivity index (χ2n) is 7.03. The van der Waals surface area contributed by atoms with Gasteiger partial charge in [0.05, 0.1) is 5.02 Å². The standard InChI is InChI=1S/C21H27ClN4S/c1-3-4-6-17-8-10-18(11-9-17)24-21(27)26-14-13-25(15-16(26)2)20-19(22)7-5-12-23-20/h5,7-12,16H,3-4,6,13-15H2,1-2H3,(H,24,27)/t16-/m1/s1. The van der Waals surface area contributed by atoms with E-state index in [0.29, 0.717) is 5.02 Å². The SMILES string of the molecule is CCCCc1ccc(NC(=S)N2CCN(c3ncccc3Cl)C[C@H]2C)cc1. The zero-order chi connectivity index (χ0) is 19.2. The summed E-state index contributed by atoms with van der Waals surface area (Å²) < 4.78 is 0. The van der Waals surface area contributed by atoms with Crippen LogP contribution in [-0.2, 0) is 6.42 Å². The summed E-state index contributed by atoms with van der Waals surface area (Å²) in [6, 6.07) is 12.6. The molecule has 1 N–H and O–H groups in total. The normalized spacial score (nSPS) is 17.1. The van der Waals surface area contributed by atoms with E-state index in [9.17, 15) is 0 Å². The number of piperazine rings is 1. The third-order valence-corrected chi connectivity index (χ3v) is 5.58. The van der Waals surface area contributed by atoms with E-state index < -0.39 is 0 Å². The van der Waals surface area contributed by atoms with Crippen molar-refractivity contribution in [3.8, 4) is 0 Å². The average molecular weight is 403 g/mol. The van der Waals surface area contributed by atoms with Crippen LogP contribution in [0.3, 0.4) is 0 Å². The van der Waals surface area contributed by atoms with Crippen LogP contribution in [0.5, 0.6) is 0 Å². The molecule has 0 aliphatic carbocycles. The molecule has 0 spiro atoms. The molecule has 1 aromatic carbocycles. The topological polar surface area (TPSA) is 31.4 Å². The second kappa shape index (κ2) is 9.38. The zero-order valence-electron chi connectivity index (χ0n) is 16.0.